The summed E-state index contributed by atoms with van der Waals surface area (Å²) in [5.41, 5.74) is 0.940. The minimum Gasteiger partial charge on any atom is -0.480 e. The molecule has 14 nitrogen and oxygen atoms in total. The van der Waals surface area contributed by atoms with E-state index in [1.54, 1.807) is 37.8 Å². The maximum Gasteiger partial charge on any atom is 0.326 e. The Kier molecular flexibility index (Phi) is 16.1. The number of nitrogens with one attached hydrogen (secondary N) is 1. The summed E-state index contributed by atoms with van der Waals surface area (Å²) in [6.07, 6.45) is 0. The molecular weight excluding hydrogens is 693 g/mol. The minimum atomic E-state index is -1.15. The molecule has 3 N–H and O–H groups in total. The zero-order valence-corrected chi connectivity index (χ0v) is 28.8. The number of rotatable bonds is 11. The number of hydrogen-bond donors (Lipinski definition) is 3. The van der Waals surface area contributed by atoms with Gasteiger partial charge in [-0.05, 0) is 93.6 Å². The van der Waals surface area contributed by atoms with Crippen molar-refractivity contribution < 1.29 is 61.6 Å². The molecule has 280 valence electrons. The molecule has 1 aliphatic rings. The van der Waals surface area contributed by atoms with Crippen LogP contribution in [-0.2, 0) is 38.2 Å². The van der Waals surface area contributed by atoms with Crippen LogP contribution >= 0.6 is 0 Å². The normalized spacial score (nSPS) is 12.2. The van der Waals surface area contributed by atoms with Gasteiger partial charge in [0.15, 0.2) is 0 Å². The van der Waals surface area contributed by atoms with E-state index in [2.05, 4.69) is 10.1 Å². The highest BCUT2D eigenvalue weighted by Gasteiger charge is 2.23. The number of hydrogen-bond acceptors (Lipinski definition) is 11. The van der Waals surface area contributed by atoms with Gasteiger partial charge >= 0.3 is 23.9 Å². The molecule has 52 heavy (non-hydrogen) atoms. The summed E-state index contributed by atoms with van der Waals surface area (Å²) in [5.74, 6) is -5.14. The van der Waals surface area contributed by atoms with Gasteiger partial charge in [0, 0.05) is 17.1 Å². The largest absolute Gasteiger partial charge is 0.480 e. The van der Waals surface area contributed by atoms with Gasteiger partial charge in [-0.2, -0.15) is 0 Å². The monoisotopic (exact) mass is 732 g/mol. The maximum absolute atomic E-state index is 13.0. The number of carbonyl (C=O) groups excluding carboxylic acids is 4. The summed E-state index contributed by atoms with van der Waals surface area (Å²) in [4.78, 5) is 70.7. The number of anilines is 3. The number of piperazine rings is 1. The molecule has 0 radical (unpaired) electrons. The van der Waals surface area contributed by atoms with E-state index in [0.717, 1.165) is 17.0 Å². The van der Waals surface area contributed by atoms with E-state index in [1.807, 2.05) is 0 Å². The number of carboxylic acid groups (broad SMARTS) is 2. The molecule has 2 amide bonds. The first-order valence-electron chi connectivity index (χ1n) is 15.4. The van der Waals surface area contributed by atoms with Gasteiger partial charge in [-0.1, -0.05) is 0 Å². The smallest absolute Gasteiger partial charge is 0.326 e. The molecule has 0 saturated carbocycles. The molecule has 1 aliphatic heterocycles. The van der Waals surface area contributed by atoms with Crippen LogP contribution in [0.5, 0.6) is 0 Å². The van der Waals surface area contributed by atoms with Crippen molar-refractivity contribution in [3.63, 3.8) is 0 Å². The van der Waals surface area contributed by atoms with Crippen LogP contribution < -0.4 is 20.0 Å². The fourth-order valence-electron chi connectivity index (χ4n) is 4.33. The average molecular weight is 733 g/mol. The number of ether oxygens (including phenoxy) is 2. The fourth-order valence-corrected chi connectivity index (χ4v) is 4.33. The van der Waals surface area contributed by atoms with E-state index in [-0.39, 0.29) is 43.8 Å². The highest BCUT2D eigenvalue weighted by molar-refractivity contribution is 6.02. The molecule has 0 aromatic heterocycles. The lowest BCUT2D eigenvalue weighted by Gasteiger charge is -2.27. The Bertz CT molecular complexity index is 1650. The van der Waals surface area contributed by atoms with Gasteiger partial charge in [0.25, 0.3) is 0 Å². The van der Waals surface area contributed by atoms with Crippen molar-refractivity contribution in [3.8, 4) is 0 Å². The third-order valence-electron chi connectivity index (χ3n) is 6.46. The van der Waals surface area contributed by atoms with Crippen LogP contribution in [0.3, 0.4) is 0 Å². The van der Waals surface area contributed by atoms with Crippen molar-refractivity contribution in [1.82, 2.24) is 5.32 Å². The van der Waals surface area contributed by atoms with Gasteiger partial charge in [-0.15, -0.1) is 0 Å². The van der Waals surface area contributed by atoms with E-state index in [1.165, 1.54) is 60.5 Å². The van der Waals surface area contributed by atoms with E-state index in [9.17, 15) is 41.9 Å². The quantitative estimate of drug-likeness (QED) is 0.193. The van der Waals surface area contributed by atoms with Crippen LogP contribution in [0.1, 0.15) is 20.8 Å². The third-order valence-corrected chi connectivity index (χ3v) is 6.46. The Morgan fingerprint density at radius 3 is 1.40 bits per heavy atom. The molecule has 0 bridgehead atoms. The lowest BCUT2D eigenvalue weighted by molar-refractivity contribution is -0.153. The van der Waals surface area contributed by atoms with Crippen LogP contribution in [0.4, 0.5) is 30.2 Å². The zero-order valence-electron chi connectivity index (χ0n) is 28.8. The number of carboxylic acids is 2. The SMILES string of the molecule is COC(=O)CN(CC(=O)OC(C)(C)C)c1ccc(F)cc1.O=C(O)CN(CC(=O)O)c1ccc(F)cc1.O=C1CN(c2ccc(F)cc2)CC(=O)N1. The van der Waals surface area contributed by atoms with Crippen LogP contribution in [0, 0.1) is 17.5 Å². The molecule has 3 aromatic carbocycles. The fraction of sp³-hybridized carbons (Fsp3) is 0.314. The predicted molar refractivity (Wildman–Crippen MR) is 182 cm³/mol. The van der Waals surface area contributed by atoms with E-state index < -0.39 is 54.2 Å². The van der Waals surface area contributed by atoms with Gasteiger partial charge in [0.1, 0.15) is 49.2 Å². The molecule has 3 aromatic rings. The number of benzene rings is 3. The van der Waals surface area contributed by atoms with Gasteiger partial charge in [-0.25, -0.2) is 13.2 Å². The molecule has 1 saturated heterocycles. The number of aliphatic carboxylic acids is 2. The number of amides is 2. The Morgan fingerprint density at radius 1 is 0.673 bits per heavy atom. The van der Waals surface area contributed by atoms with Gasteiger partial charge in [0.05, 0.1) is 20.2 Å². The van der Waals surface area contributed by atoms with E-state index in [4.69, 9.17) is 14.9 Å². The van der Waals surface area contributed by atoms with Crippen LogP contribution in [0.15, 0.2) is 72.8 Å². The van der Waals surface area contributed by atoms with E-state index >= 15 is 0 Å². The average Bonchev–Trinajstić information content (AvgIpc) is 3.04. The molecule has 0 spiro atoms. The number of halogens is 3. The standard InChI is InChI=1S/C15H20FNO4.C10H9FN2O2.C10H10FNO4/c1-15(2,3)21-14(19)10-17(9-13(18)20-4)12-7-5-11(16)6-8-12;11-7-1-3-8(4-2-7)13-5-9(14)12-10(15)6-13;11-7-1-3-8(4-2-7)12(5-9(13)14)6-10(15)16/h5-8H,9-10H2,1-4H3;1-4H,5-6H2,(H,12,14,15);1-4H,5-6H2,(H,13,14)(H,15,16). The third kappa shape index (κ3) is 16.1. The van der Waals surface area contributed by atoms with Gasteiger partial charge in [0.2, 0.25) is 11.8 Å². The van der Waals surface area contributed by atoms with Crippen molar-refractivity contribution >= 4 is 52.8 Å². The number of methoxy groups -OCH3 is 1. The predicted octanol–water partition coefficient (Wildman–Crippen LogP) is 3.24. The molecule has 1 fully saturated rings. The van der Waals surface area contributed by atoms with Crippen LogP contribution in [0.25, 0.3) is 0 Å². The number of esters is 2. The van der Waals surface area contributed by atoms with Crippen molar-refractivity contribution in [2.45, 2.75) is 26.4 Å². The summed E-state index contributed by atoms with van der Waals surface area (Å²) in [6.45, 7) is 4.37. The van der Waals surface area contributed by atoms with Crippen molar-refractivity contribution in [1.29, 1.82) is 0 Å². The summed E-state index contributed by atoms with van der Waals surface area (Å²) >= 11 is 0. The number of carbonyl (C=O) groups is 6. The first-order valence-corrected chi connectivity index (χ1v) is 15.4. The summed E-state index contributed by atoms with van der Waals surface area (Å²) in [5, 5.41) is 19.4. The molecular formula is C35H39F3N4O10. The zero-order chi connectivity index (χ0) is 39.0. The topological polar surface area (TPSA) is 183 Å². The maximum atomic E-state index is 13.0. The van der Waals surface area contributed by atoms with Crippen molar-refractivity contribution in [3.05, 3.63) is 90.2 Å². The van der Waals surface area contributed by atoms with Crippen LogP contribution in [-0.4, -0.2) is 97.9 Å². The molecule has 0 unspecified atom stereocenters. The van der Waals surface area contributed by atoms with E-state index in [0.29, 0.717) is 17.1 Å². The molecule has 17 heteroatoms. The Hall–Kier alpha value is -6.13. The highest BCUT2D eigenvalue weighted by Crippen LogP contribution is 2.18. The summed E-state index contributed by atoms with van der Waals surface area (Å²) < 4.78 is 48.1. The highest BCUT2D eigenvalue weighted by atomic mass is 19.1. The Labute approximate surface area is 297 Å². The second kappa shape index (κ2) is 19.9. The molecule has 1 heterocycles. The Balaban J connectivity index is 0.000000275. The first kappa shape index (κ1) is 42.0. The summed E-state index contributed by atoms with van der Waals surface area (Å²) in [7, 11) is 1.26. The van der Waals surface area contributed by atoms with Gasteiger partial charge < -0.3 is 34.4 Å². The Morgan fingerprint density at radius 2 is 1.04 bits per heavy atom. The molecule has 0 aliphatic carbocycles. The van der Waals surface area contributed by atoms with Crippen molar-refractivity contribution in [2.24, 2.45) is 0 Å². The second-order valence-corrected chi connectivity index (χ2v) is 11.9. The summed E-state index contributed by atoms with van der Waals surface area (Å²) in [6, 6.07) is 16.1. The minimum absolute atomic E-state index is 0.122. The molecule has 0 atom stereocenters. The second-order valence-electron chi connectivity index (χ2n) is 11.9. The first-order chi connectivity index (χ1) is 24.3. The van der Waals surface area contributed by atoms with Gasteiger partial charge in [-0.3, -0.25) is 34.1 Å². The molecule has 4 rings (SSSR count). The number of imide groups is 1. The number of nitrogens with zero attached hydrogens (tertiary/aromatic N) is 3. The lowest BCUT2D eigenvalue weighted by Crippen LogP contribution is -2.51. The van der Waals surface area contributed by atoms with Crippen LogP contribution in [0.2, 0.25) is 0 Å². The lowest BCUT2D eigenvalue weighted by atomic mass is 10.2. The van der Waals surface area contributed by atoms with Crippen molar-refractivity contribution in [2.75, 3.05) is 61.1 Å².